The number of nitro groups is 1. The van der Waals surface area contributed by atoms with E-state index in [1.54, 1.807) is 6.92 Å². The molecule has 0 aliphatic rings. The van der Waals surface area contributed by atoms with Crippen LogP contribution in [0.2, 0.25) is 0 Å². The van der Waals surface area contributed by atoms with E-state index in [1.165, 1.54) is 17.1 Å². The largest absolute Gasteiger partial charge is 0.393 e. The summed E-state index contributed by atoms with van der Waals surface area (Å²) in [5.74, 6) is 0. The predicted molar refractivity (Wildman–Crippen MR) is 49.9 cm³/mol. The van der Waals surface area contributed by atoms with Gasteiger partial charge in [0.15, 0.2) is 0 Å². The topological polar surface area (TPSA) is 81.2 Å². The minimum Gasteiger partial charge on any atom is -0.393 e. The Labute approximate surface area is 81.3 Å². The smallest absolute Gasteiger partial charge is 0.307 e. The number of rotatable bonds is 4. The molecule has 1 heterocycles. The summed E-state index contributed by atoms with van der Waals surface area (Å²) >= 11 is 0. The molecule has 0 amide bonds. The molecule has 6 nitrogen and oxygen atoms in total. The maximum absolute atomic E-state index is 10.4. The second-order valence-electron chi connectivity index (χ2n) is 3.37. The molecule has 0 fully saturated rings. The molecule has 1 N–H and O–H groups in total. The van der Waals surface area contributed by atoms with Gasteiger partial charge in [0.1, 0.15) is 12.4 Å². The summed E-state index contributed by atoms with van der Waals surface area (Å²) in [5, 5.41) is 23.3. The number of aliphatic hydroxyl groups is 1. The first kappa shape index (κ1) is 10.6. The van der Waals surface area contributed by atoms with Crippen LogP contribution in [0.3, 0.4) is 0 Å². The van der Waals surface area contributed by atoms with Crippen molar-refractivity contribution in [3.05, 3.63) is 22.5 Å². The Morgan fingerprint density at radius 3 is 2.79 bits per heavy atom. The summed E-state index contributed by atoms with van der Waals surface area (Å²) in [4.78, 5) is 9.87. The molecule has 0 aromatic carbocycles. The first-order chi connectivity index (χ1) is 6.50. The van der Waals surface area contributed by atoms with Gasteiger partial charge in [-0.05, 0) is 20.3 Å². The van der Waals surface area contributed by atoms with Crippen LogP contribution in [0, 0.1) is 10.1 Å². The number of aliphatic hydroxyl groups excluding tert-OH is 1. The highest BCUT2D eigenvalue weighted by Gasteiger charge is 2.14. The van der Waals surface area contributed by atoms with Gasteiger partial charge in [0.05, 0.1) is 17.1 Å². The first-order valence-electron chi connectivity index (χ1n) is 4.37. The number of hydrogen-bond donors (Lipinski definition) is 1. The second-order valence-corrected chi connectivity index (χ2v) is 3.37. The minimum absolute atomic E-state index is 0.0255. The fraction of sp³-hybridized carbons (Fsp3) is 0.625. The molecule has 1 rings (SSSR count). The Morgan fingerprint density at radius 1 is 1.71 bits per heavy atom. The fourth-order valence-corrected chi connectivity index (χ4v) is 1.26. The van der Waals surface area contributed by atoms with Crippen LogP contribution in [-0.2, 0) is 0 Å². The minimum atomic E-state index is -0.488. The molecule has 0 spiro atoms. The molecule has 0 aliphatic heterocycles. The lowest BCUT2D eigenvalue weighted by molar-refractivity contribution is -0.385. The lowest BCUT2D eigenvalue weighted by Gasteiger charge is -2.12. The fourth-order valence-electron chi connectivity index (χ4n) is 1.26. The third-order valence-electron chi connectivity index (χ3n) is 1.93. The molecule has 0 radical (unpaired) electrons. The van der Waals surface area contributed by atoms with E-state index >= 15 is 0 Å². The van der Waals surface area contributed by atoms with Crippen LogP contribution >= 0.6 is 0 Å². The van der Waals surface area contributed by atoms with Crippen LogP contribution in [0.25, 0.3) is 0 Å². The van der Waals surface area contributed by atoms with E-state index in [4.69, 9.17) is 5.11 Å². The van der Waals surface area contributed by atoms with Crippen LogP contribution in [0.1, 0.15) is 26.3 Å². The molecule has 78 valence electrons. The highest BCUT2D eigenvalue weighted by molar-refractivity contribution is 5.20. The third-order valence-corrected chi connectivity index (χ3v) is 1.93. The number of nitrogens with zero attached hydrogens (tertiary/aromatic N) is 3. The van der Waals surface area contributed by atoms with Crippen molar-refractivity contribution >= 4 is 5.69 Å². The Kier molecular flexibility index (Phi) is 3.19. The van der Waals surface area contributed by atoms with E-state index < -0.39 is 11.0 Å². The molecule has 6 heteroatoms. The second kappa shape index (κ2) is 4.19. The van der Waals surface area contributed by atoms with E-state index in [2.05, 4.69) is 5.10 Å². The van der Waals surface area contributed by atoms with E-state index in [0.717, 1.165) is 0 Å². The zero-order chi connectivity index (χ0) is 10.7. The van der Waals surface area contributed by atoms with Crippen molar-refractivity contribution in [2.45, 2.75) is 32.4 Å². The van der Waals surface area contributed by atoms with Crippen molar-refractivity contribution in [2.24, 2.45) is 0 Å². The summed E-state index contributed by atoms with van der Waals surface area (Å²) < 4.78 is 1.49. The van der Waals surface area contributed by atoms with E-state index in [0.29, 0.717) is 6.42 Å². The standard InChI is InChI=1S/C8H13N3O3/c1-6(3-7(2)12)10-5-8(4-9-10)11(13)14/h4-7,12H,3H2,1-2H3. The molecule has 2 unspecified atom stereocenters. The molecular weight excluding hydrogens is 186 g/mol. The normalized spacial score (nSPS) is 15.1. The Morgan fingerprint density at radius 2 is 2.36 bits per heavy atom. The summed E-state index contributed by atoms with van der Waals surface area (Å²) in [6.45, 7) is 3.53. The van der Waals surface area contributed by atoms with Crippen LogP contribution in [0.15, 0.2) is 12.4 Å². The molecule has 14 heavy (non-hydrogen) atoms. The van der Waals surface area contributed by atoms with Crippen molar-refractivity contribution in [1.29, 1.82) is 0 Å². The SMILES string of the molecule is CC(O)CC(C)n1cc([N+](=O)[O-])cn1. The quantitative estimate of drug-likeness (QED) is 0.582. The molecule has 0 saturated heterocycles. The zero-order valence-electron chi connectivity index (χ0n) is 8.12. The van der Waals surface area contributed by atoms with Gasteiger partial charge in [-0.2, -0.15) is 5.10 Å². The summed E-state index contributed by atoms with van der Waals surface area (Å²) in [6, 6.07) is -0.0382. The predicted octanol–water partition coefficient (Wildman–Crippen LogP) is 1.12. The van der Waals surface area contributed by atoms with Gasteiger partial charge >= 0.3 is 5.69 Å². The van der Waals surface area contributed by atoms with E-state index in [9.17, 15) is 10.1 Å². The Bertz CT molecular complexity index is 321. The van der Waals surface area contributed by atoms with Crippen molar-refractivity contribution in [3.63, 3.8) is 0 Å². The molecule has 0 aliphatic carbocycles. The molecule has 2 atom stereocenters. The monoisotopic (exact) mass is 199 g/mol. The molecule has 1 aromatic heterocycles. The molecular formula is C8H13N3O3. The number of hydrogen-bond acceptors (Lipinski definition) is 4. The van der Waals surface area contributed by atoms with Gasteiger partial charge in [0, 0.05) is 0 Å². The summed E-state index contributed by atoms with van der Waals surface area (Å²) in [6.07, 6.45) is 2.66. The lowest BCUT2D eigenvalue weighted by Crippen LogP contribution is -2.12. The van der Waals surface area contributed by atoms with Gasteiger partial charge in [0.25, 0.3) is 0 Å². The molecule has 0 bridgehead atoms. The van der Waals surface area contributed by atoms with Crippen LogP contribution in [0.4, 0.5) is 5.69 Å². The van der Waals surface area contributed by atoms with Crippen molar-refractivity contribution in [1.82, 2.24) is 9.78 Å². The van der Waals surface area contributed by atoms with Gasteiger partial charge < -0.3 is 5.11 Å². The van der Waals surface area contributed by atoms with Crippen LogP contribution < -0.4 is 0 Å². The van der Waals surface area contributed by atoms with Gasteiger partial charge in [-0.3, -0.25) is 14.8 Å². The van der Waals surface area contributed by atoms with Crippen molar-refractivity contribution in [2.75, 3.05) is 0 Å². The van der Waals surface area contributed by atoms with Crippen molar-refractivity contribution < 1.29 is 10.0 Å². The Hall–Kier alpha value is -1.43. The van der Waals surface area contributed by atoms with Gasteiger partial charge in [0.2, 0.25) is 0 Å². The highest BCUT2D eigenvalue weighted by Crippen LogP contribution is 2.16. The first-order valence-corrected chi connectivity index (χ1v) is 4.37. The third kappa shape index (κ3) is 2.53. The van der Waals surface area contributed by atoms with Gasteiger partial charge in [-0.1, -0.05) is 0 Å². The average molecular weight is 199 g/mol. The van der Waals surface area contributed by atoms with Gasteiger partial charge in [-0.25, -0.2) is 0 Å². The Balaban J connectivity index is 2.71. The molecule has 0 saturated carbocycles. The van der Waals surface area contributed by atoms with E-state index in [-0.39, 0.29) is 11.7 Å². The van der Waals surface area contributed by atoms with E-state index in [1.807, 2.05) is 6.92 Å². The highest BCUT2D eigenvalue weighted by atomic mass is 16.6. The van der Waals surface area contributed by atoms with Crippen LogP contribution in [-0.4, -0.2) is 25.9 Å². The molecule has 1 aromatic rings. The maximum Gasteiger partial charge on any atom is 0.307 e. The zero-order valence-corrected chi connectivity index (χ0v) is 8.12. The summed E-state index contributed by atoms with van der Waals surface area (Å²) in [5.41, 5.74) is -0.0255. The maximum atomic E-state index is 10.4. The van der Waals surface area contributed by atoms with Crippen molar-refractivity contribution in [3.8, 4) is 0 Å². The van der Waals surface area contributed by atoms with Crippen LogP contribution in [0.5, 0.6) is 0 Å². The average Bonchev–Trinajstić information content (AvgIpc) is 2.50. The summed E-state index contributed by atoms with van der Waals surface area (Å²) in [7, 11) is 0. The number of aromatic nitrogens is 2. The van der Waals surface area contributed by atoms with Gasteiger partial charge in [-0.15, -0.1) is 0 Å². The lowest BCUT2D eigenvalue weighted by atomic mass is 10.2.